The van der Waals surface area contributed by atoms with Crippen LogP contribution in [0.5, 0.6) is 0 Å². The van der Waals surface area contributed by atoms with Gasteiger partial charge in [-0.15, -0.1) is 0 Å². The second-order valence-electron chi connectivity index (χ2n) is 6.86. The van der Waals surface area contributed by atoms with E-state index in [1.165, 1.54) is 5.56 Å². The lowest BCUT2D eigenvalue weighted by molar-refractivity contribution is 0.0709. The van der Waals surface area contributed by atoms with Gasteiger partial charge < -0.3 is 14.4 Å². The Labute approximate surface area is 146 Å². The van der Waals surface area contributed by atoms with Crippen LogP contribution in [0.2, 0.25) is 0 Å². The van der Waals surface area contributed by atoms with Gasteiger partial charge in [0.2, 0.25) is 0 Å². The number of nitrogens with one attached hydrogen (secondary N) is 1. The molecule has 1 aliphatic heterocycles. The third-order valence-corrected chi connectivity index (χ3v) is 5.15. The standard InChI is InChI=1S/C19H22N4O2/c1-11-5-4-6-15-17(11)21-18(20-15)14-7-9-23(10-8-14)19(24)16-12(2)22-25-13(16)3/h4-6,14H,7-10H2,1-3H3,(H,20,21). The highest BCUT2D eigenvalue weighted by atomic mass is 16.5. The number of para-hydroxylation sites is 1. The Balaban J connectivity index is 1.49. The number of aromatic amines is 1. The molecule has 25 heavy (non-hydrogen) atoms. The average molecular weight is 338 g/mol. The van der Waals surface area contributed by atoms with Crippen molar-refractivity contribution in [3.05, 3.63) is 46.6 Å². The van der Waals surface area contributed by atoms with E-state index in [1.54, 1.807) is 6.92 Å². The van der Waals surface area contributed by atoms with Gasteiger partial charge >= 0.3 is 0 Å². The van der Waals surface area contributed by atoms with E-state index < -0.39 is 0 Å². The van der Waals surface area contributed by atoms with E-state index in [9.17, 15) is 4.79 Å². The molecular weight excluding hydrogens is 316 g/mol. The number of amides is 1. The van der Waals surface area contributed by atoms with Gasteiger partial charge in [0.05, 0.1) is 16.7 Å². The number of rotatable bonds is 2. The summed E-state index contributed by atoms with van der Waals surface area (Å²) < 4.78 is 5.13. The van der Waals surface area contributed by atoms with E-state index in [0.717, 1.165) is 42.8 Å². The third-order valence-electron chi connectivity index (χ3n) is 5.15. The molecule has 0 unspecified atom stereocenters. The predicted octanol–water partition coefficient (Wildman–Crippen LogP) is 3.50. The highest BCUT2D eigenvalue weighted by Gasteiger charge is 2.29. The Morgan fingerprint density at radius 1 is 1.24 bits per heavy atom. The van der Waals surface area contributed by atoms with Crippen LogP contribution in [0.15, 0.2) is 22.7 Å². The Bertz CT molecular complexity index is 913. The number of carbonyl (C=O) groups is 1. The number of H-pyrrole nitrogens is 1. The largest absolute Gasteiger partial charge is 0.361 e. The van der Waals surface area contributed by atoms with Crippen LogP contribution in [0.25, 0.3) is 11.0 Å². The number of aryl methyl sites for hydroxylation is 3. The number of imidazole rings is 1. The zero-order valence-electron chi connectivity index (χ0n) is 14.8. The number of benzene rings is 1. The van der Waals surface area contributed by atoms with Gasteiger partial charge in [-0.2, -0.15) is 0 Å². The maximum atomic E-state index is 12.7. The number of hydrogen-bond donors (Lipinski definition) is 1. The van der Waals surface area contributed by atoms with E-state index in [2.05, 4.69) is 29.2 Å². The van der Waals surface area contributed by atoms with E-state index in [1.807, 2.05) is 17.9 Å². The molecule has 0 saturated carbocycles. The molecule has 1 N–H and O–H groups in total. The number of likely N-dealkylation sites (tertiary alicyclic amines) is 1. The molecule has 130 valence electrons. The van der Waals surface area contributed by atoms with Crippen LogP contribution < -0.4 is 0 Å². The first kappa shape index (κ1) is 15.9. The Morgan fingerprint density at radius 3 is 2.64 bits per heavy atom. The summed E-state index contributed by atoms with van der Waals surface area (Å²) >= 11 is 0. The molecule has 0 aliphatic carbocycles. The fourth-order valence-electron chi connectivity index (χ4n) is 3.69. The van der Waals surface area contributed by atoms with Crippen molar-refractivity contribution in [1.29, 1.82) is 0 Å². The van der Waals surface area contributed by atoms with Gasteiger partial charge in [0.25, 0.3) is 5.91 Å². The Hall–Kier alpha value is -2.63. The lowest BCUT2D eigenvalue weighted by Gasteiger charge is -2.31. The van der Waals surface area contributed by atoms with E-state index in [-0.39, 0.29) is 5.91 Å². The zero-order valence-corrected chi connectivity index (χ0v) is 14.8. The van der Waals surface area contributed by atoms with Crippen molar-refractivity contribution < 1.29 is 9.32 Å². The topological polar surface area (TPSA) is 75.0 Å². The van der Waals surface area contributed by atoms with Crippen molar-refractivity contribution >= 4 is 16.9 Å². The number of carbonyl (C=O) groups excluding carboxylic acids is 1. The second-order valence-corrected chi connectivity index (χ2v) is 6.86. The molecule has 1 aliphatic rings. The smallest absolute Gasteiger partial charge is 0.259 e. The van der Waals surface area contributed by atoms with Crippen LogP contribution >= 0.6 is 0 Å². The molecule has 0 atom stereocenters. The van der Waals surface area contributed by atoms with Gasteiger partial charge in [0.1, 0.15) is 17.1 Å². The van der Waals surface area contributed by atoms with Gasteiger partial charge in [-0.05, 0) is 45.2 Å². The summed E-state index contributed by atoms with van der Waals surface area (Å²) in [4.78, 5) is 22.9. The lowest BCUT2D eigenvalue weighted by atomic mass is 9.95. The first-order chi connectivity index (χ1) is 12.0. The fraction of sp³-hybridized carbons (Fsp3) is 0.421. The highest BCUT2D eigenvalue weighted by molar-refractivity contribution is 5.96. The van der Waals surface area contributed by atoms with Gasteiger partial charge in [-0.25, -0.2) is 4.98 Å². The van der Waals surface area contributed by atoms with E-state index >= 15 is 0 Å². The summed E-state index contributed by atoms with van der Waals surface area (Å²) in [6.45, 7) is 7.13. The molecule has 1 fully saturated rings. The summed E-state index contributed by atoms with van der Waals surface area (Å²) in [5, 5.41) is 3.89. The summed E-state index contributed by atoms with van der Waals surface area (Å²) in [7, 11) is 0. The monoisotopic (exact) mass is 338 g/mol. The van der Waals surface area contributed by atoms with Crippen LogP contribution in [-0.4, -0.2) is 39.0 Å². The fourth-order valence-corrected chi connectivity index (χ4v) is 3.69. The quantitative estimate of drug-likeness (QED) is 0.776. The van der Waals surface area contributed by atoms with Crippen molar-refractivity contribution in [2.75, 3.05) is 13.1 Å². The Kier molecular flexibility index (Phi) is 3.82. The molecule has 2 aromatic heterocycles. The number of nitrogens with zero attached hydrogens (tertiary/aromatic N) is 3. The summed E-state index contributed by atoms with van der Waals surface area (Å²) in [6, 6.07) is 6.19. The molecule has 0 spiro atoms. The molecule has 6 heteroatoms. The third kappa shape index (κ3) is 2.71. The van der Waals surface area contributed by atoms with Crippen LogP contribution in [0.3, 0.4) is 0 Å². The van der Waals surface area contributed by atoms with Crippen LogP contribution in [-0.2, 0) is 0 Å². The predicted molar refractivity (Wildman–Crippen MR) is 94.7 cm³/mol. The first-order valence-electron chi connectivity index (χ1n) is 8.72. The molecule has 1 saturated heterocycles. The van der Waals surface area contributed by atoms with Crippen molar-refractivity contribution in [1.82, 2.24) is 20.0 Å². The average Bonchev–Trinajstić information content (AvgIpc) is 3.19. The van der Waals surface area contributed by atoms with Crippen molar-refractivity contribution in [2.45, 2.75) is 39.5 Å². The minimum atomic E-state index is 0.0233. The number of hydrogen-bond acceptors (Lipinski definition) is 4. The first-order valence-corrected chi connectivity index (χ1v) is 8.72. The number of piperidine rings is 1. The van der Waals surface area contributed by atoms with E-state index in [0.29, 0.717) is 22.9 Å². The molecule has 3 heterocycles. The van der Waals surface area contributed by atoms with Crippen LogP contribution in [0, 0.1) is 20.8 Å². The molecule has 3 aromatic rings. The normalized spacial score (nSPS) is 15.9. The molecule has 1 aromatic carbocycles. The van der Waals surface area contributed by atoms with Gasteiger partial charge in [-0.1, -0.05) is 17.3 Å². The van der Waals surface area contributed by atoms with Crippen molar-refractivity contribution in [3.63, 3.8) is 0 Å². The molecule has 0 bridgehead atoms. The molecule has 0 radical (unpaired) electrons. The van der Waals surface area contributed by atoms with Crippen molar-refractivity contribution in [2.24, 2.45) is 0 Å². The summed E-state index contributed by atoms with van der Waals surface area (Å²) in [6.07, 6.45) is 1.82. The van der Waals surface area contributed by atoms with Gasteiger partial charge in [-0.3, -0.25) is 4.79 Å². The number of fused-ring (bicyclic) bond motifs is 1. The molecule has 6 nitrogen and oxygen atoms in total. The maximum Gasteiger partial charge on any atom is 0.259 e. The number of aromatic nitrogens is 3. The van der Waals surface area contributed by atoms with Gasteiger partial charge in [0.15, 0.2) is 0 Å². The molecule has 1 amide bonds. The van der Waals surface area contributed by atoms with Crippen LogP contribution in [0.4, 0.5) is 0 Å². The SMILES string of the molecule is Cc1noc(C)c1C(=O)N1CCC(c2nc3c(C)cccc3[nH]2)CC1. The van der Waals surface area contributed by atoms with Crippen LogP contribution in [0.1, 0.15) is 52.0 Å². The van der Waals surface area contributed by atoms with E-state index in [4.69, 9.17) is 9.51 Å². The lowest BCUT2D eigenvalue weighted by Crippen LogP contribution is -2.38. The Morgan fingerprint density at radius 2 is 2.00 bits per heavy atom. The second kappa shape index (κ2) is 6.02. The molecule has 4 rings (SSSR count). The zero-order chi connectivity index (χ0) is 17.6. The minimum absolute atomic E-state index is 0.0233. The maximum absolute atomic E-state index is 12.7. The minimum Gasteiger partial charge on any atom is -0.361 e. The highest BCUT2D eigenvalue weighted by Crippen LogP contribution is 2.29. The molecular formula is C19H22N4O2. The van der Waals surface area contributed by atoms with Crippen molar-refractivity contribution in [3.8, 4) is 0 Å². The summed E-state index contributed by atoms with van der Waals surface area (Å²) in [5.74, 6) is 2.02. The summed E-state index contributed by atoms with van der Waals surface area (Å²) in [5.41, 5.74) is 4.59. The van der Waals surface area contributed by atoms with Gasteiger partial charge in [0, 0.05) is 19.0 Å².